The van der Waals surface area contributed by atoms with Crippen molar-refractivity contribution in [3.8, 4) is 0 Å². The highest BCUT2D eigenvalue weighted by molar-refractivity contribution is 6.04. The third kappa shape index (κ3) is 5.69. The number of anilines is 1. The van der Waals surface area contributed by atoms with Crippen molar-refractivity contribution in [2.75, 3.05) is 31.6 Å². The fraction of sp³-hybridized carbons (Fsp3) is 0.321. The van der Waals surface area contributed by atoms with E-state index in [1.54, 1.807) is 23.1 Å². The number of carbonyl (C=O) groups is 2. The van der Waals surface area contributed by atoms with Gasteiger partial charge in [0.1, 0.15) is 0 Å². The molecule has 2 heterocycles. The van der Waals surface area contributed by atoms with Crippen molar-refractivity contribution >= 4 is 23.6 Å². The molecule has 2 amide bonds. The first kappa shape index (κ1) is 24.4. The maximum atomic E-state index is 12.9. The number of carbonyl (C=O) groups excluding carboxylic acids is 2. The number of amides is 2. The summed E-state index contributed by atoms with van der Waals surface area (Å²) in [6.07, 6.45) is 3.32. The van der Waals surface area contributed by atoms with Crippen molar-refractivity contribution in [1.82, 2.24) is 14.7 Å². The Labute approximate surface area is 206 Å². The molecule has 0 radical (unpaired) electrons. The Morgan fingerprint density at radius 1 is 1.03 bits per heavy atom. The summed E-state index contributed by atoms with van der Waals surface area (Å²) >= 11 is 0. The Morgan fingerprint density at radius 3 is 2.46 bits per heavy atom. The lowest BCUT2D eigenvalue weighted by atomic mass is 10.0. The molecule has 7 heteroatoms. The van der Waals surface area contributed by atoms with E-state index >= 15 is 0 Å². The molecule has 1 fully saturated rings. The Balaban J connectivity index is 1.45. The molecule has 1 saturated heterocycles. The third-order valence-corrected chi connectivity index (χ3v) is 6.41. The average Bonchev–Trinajstić information content (AvgIpc) is 3.12. The largest absolute Gasteiger partial charge is 0.378 e. The summed E-state index contributed by atoms with van der Waals surface area (Å²) in [4.78, 5) is 27.5. The van der Waals surface area contributed by atoms with E-state index in [0.29, 0.717) is 44.1 Å². The molecule has 0 unspecified atom stereocenters. The Hall–Kier alpha value is -3.71. The quantitative estimate of drug-likeness (QED) is 0.543. The summed E-state index contributed by atoms with van der Waals surface area (Å²) in [6.45, 7) is 10.8. The molecule has 0 saturated carbocycles. The minimum absolute atomic E-state index is 0.0373. The van der Waals surface area contributed by atoms with Crippen molar-refractivity contribution in [2.24, 2.45) is 0 Å². The highest BCUT2D eigenvalue weighted by Gasteiger charge is 2.21. The van der Waals surface area contributed by atoms with Crippen LogP contribution in [0.5, 0.6) is 0 Å². The molecule has 1 aromatic heterocycles. The molecule has 3 aromatic rings. The monoisotopic (exact) mass is 472 g/mol. The topological polar surface area (TPSA) is 76.5 Å². The summed E-state index contributed by atoms with van der Waals surface area (Å²) in [7, 11) is 0. The van der Waals surface area contributed by atoms with E-state index in [-0.39, 0.29) is 11.8 Å². The van der Waals surface area contributed by atoms with Crippen molar-refractivity contribution in [3.63, 3.8) is 0 Å². The number of hydrogen-bond acceptors (Lipinski definition) is 4. The summed E-state index contributed by atoms with van der Waals surface area (Å²) in [6, 6.07) is 13.8. The second-order valence-electron chi connectivity index (χ2n) is 8.93. The van der Waals surface area contributed by atoms with Crippen LogP contribution in [0.4, 0.5) is 5.69 Å². The zero-order valence-electron chi connectivity index (χ0n) is 20.8. The van der Waals surface area contributed by atoms with Gasteiger partial charge >= 0.3 is 0 Å². The van der Waals surface area contributed by atoms with Gasteiger partial charge in [-0.1, -0.05) is 35.9 Å². The van der Waals surface area contributed by atoms with E-state index in [9.17, 15) is 9.59 Å². The average molecular weight is 473 g/mol. The van der Waals surface area contributed by atoms with E-state index in [1.807, 2.05) is 31.5 Å². The van der Waals surface area contributed by atoms with Crippen LogP contribution < -0.4 is 5.32 Å². The zero-order valence-corrected chi connectivity index (χ0v) is 20.8. The first-order chi connectivity index (χ1) is 16.8. The number of benzene rings is 2. The van der Waals surface area contributed by atoms with Gasteiger partial charge in [-0.2, -0.15) is 5.10 Å². The normalized spacial score (nSPS) is 13.9. The summed E-state index contributed by atoms with van der Waals surface area (Å²) in [5.74, 6) is -0.293. The molecular formula is C28H32N4O3. The molecule has 0 atom stereocenters. The van der Waals surface area contributed by atoms with Crippen molar-refractivity contribution < 1.29 is 14.3 Å². The first-order valence-electron chi connectivity index (χ1n) is 11.9. The molecule has 35 heavy (non-hydrogen) atoms. The van der Waals surface area contributed by atoms with E-state index in [4.69, 9.17) is 4.74 Å². The SMILES string of the molecule is Cc1ccc(Cn2nc(C)c(C=CC(=O)Nc3cccc(C(=O)N4CCOCC4)c3C)c2C)cc1. The zero-order chi connectivity index (χ0) is 24.9. The maximum absolute atomic E-state index is 12.9. The Morgan fingerprint density at radius 2 is 1.74 bits per heavy atom. The minimum atomic E-state index is -0.255. The van der Waals surface area contributed by atoms with Gasteiger partial charge in [-0.05, 0) is 57.0 Å². The number of hydrogen-bond donors (Lipinski definition) is 1. The van der Waals surface area contributed by atoms with Crippen LogP contribution in [0.15, 0.2) is 48.5 Å². The van der Waals surface area contributed by atoms with Crippen LogP contribution in [0.1, 0.15) is 44.0 Å². The van der Waals surface area contributed by atoms with Crippen molar-refractivity contribution in [2.45, 2.75) is 34.2 Å². The van der Waals surface area contributed by atoms with Crippen molar-refractivity contribution in [1.29, 1.82) is 0 Å². The van der Waals surface area contributed by atoms with Gasteiger partial charge in [0.2, 0.25) is 5.91 Å². The number of nitrogens with one attached hydrogen (secondary N) is 1. The molecular weight excluding hydrogens is 440 g/mol. The number of nitrogens with zero attached hydrogens (tertiary/aromatic N) is 3. The second kappa shape index (κ2) is 10.7. The molecule has 182 valence electrons. The Kier molecular flexibility index (Phi) is 7.46. The van der Waals surface area contributed by atoms with Crippen LogP contribution >= 0.6 is 0 Å². The minimum Gasteiger partial charge on any atom is -0.378 e. The lowest BCUT2D eigenvalue weighted by Crippen LogP contribution is -2.41. The number of rotatable bonds is 6. The lowest BCUT2D eigenvalue weighted by molar-refractivity contribution is -0.111. The van der Waals surface area contributed by atoms with E-state index < -0.39 is 0 Å². The molecule has 7 nitrogen and oxygen atoms in total. The van der Waals surface area contributed by atoms with Crippen LogP contribution in [0.3, 0.4) is 0 Å². The van der Waals surface area contributed by atoms with E-state index in [0.717, 1.165) is 22.5 Å². The summed E-state index contributed by atoms with van der Waals surface area (Å²) < 4.78 is 7.30. The smallest absolute Gasteiger partial charge is 0.254 e. The van der Waals surface area contributed by atoms with E-state index in [1.165, 1.54) is 17.2 Å². The number of ether oxygens (including phenoxy) is 1. The number of aromatic nitrogens is 2. The first-order valence-corrected chi connectivity index (χ1v) is 11.9. The molecule has 0 spiro atoms. The molecule has 0 bridgehead atoms. The van der Waals surface area contributed by atoms with Gasteiger partial charge < -0.3 is 15.0 Å². The molecule has 0 aliphatic carbocycles. The fourth-order valence-electron chi connectivity index (χ4n) is 4.25. The lowest BCUT2D eigenvalue weighted by Gasteiger charge is -2.27. The van der Waals surface area contributed by atoms with Gasteiger partial charge in [0.25, 0.3) is 5.91 Å². The standard InChI is InChI=1S/C28H32N4O3/c1-19-8-10-23(11-9-19)18-32-22(4)25(21(3)30-32)12-13-27(33)29-26-7-5-6-24(20(26)2)28(34)31-14-16-35-17-15-31/h5-13H,14-18H2,1-4H3,(H,29,33). The second-order valence-corrected chi connectivity index (χ2v) is 8.93. The van der Waals surface area contributed by atoms with Crippen LogP contribution in [0, 0.1) is 27.7 Å². The van der Waals surface area contributed by atoms with Crippen LogP contribution in [-0.2, 0) is 16.1 Å². The summed E-state index contributed by atoms with van der Waals surface area (Å²) in [5, 5.41) is 7.58. The van der Waals surface area contributed by atoms with Crippen LogP contribution in [0.2, 0.25) is 0 Å². The van der Waals surface area contributed by atoms with Crippen LogP contribution in [0.25, 0.3) is 6.08 Å². The highest BCUT2D eigenvalue weighted by Crippen LogP contribution is 2.22. The molecule has 2 aromatic carbocycles. The van der Waals surface area contributed by atoms with Crippen LogP contribution in [-0.4, -0.2) is 52.8 Å². The Bertz CT molecular complexity index is 1250. The third-order valence-electron chi connectivity index (χ3n) is 6.41. The molecule has 1 aliphatic rings. The van der Waals surface area contributed by atoms with Gasteiger partial charge in [-0.25, -0.2) is 0 Å². The molecule has 1 N–H and O–H groups in total. The molecule has 4 rings (SSSR count). The number of aryl methyl sites for hydroxylation is 2. The van der Waals surface area contributed by atoms with Gasteiger partial charge in [-0.15, -0.1) is 0 Å². The predicted octanol–water partition coefficient (Wildman–Crippen LogP) is 4.29. The predicted molar refractivity (Wildman–Crippen MR) is 138 cm³/mol. The van der Waals surface area contributed by atoms with Gasteiger partial charge in [0.05, 0.1) is 25.5 Å². The maximum Gasteiger partial charge on any atom is 0.254 e. The fourth-order valence-corrected chi connectivity index (χ4v) is 4.25. The van der Waals surface area contributed by atoms with Gasteiger partial charge in [0.15, 0.2) is 0 Å². The van der Waals surface area contributed by atoms with Gasteiger partial charge in [0, 0.05) is 41.7 Å². The molecule has 1 aliphatic heterocycles. The number of morpholine rings is 1. The van der Waals surface area contributed by atoms with Crippen molar-refractivity contribution in [3.05, 3.63) is 87.7 Å². The van der Waals surface area contributed by atoms with E-state index in [2.05, 4.69) is 41.6 Å². The summed E-state index contributed by atoms with van der Waals surface area (Å²) in [5.41, 5.74) is 7.18. The highest BCUT2D eigenvalue weighted by atomic mass is 16.5. The van der Waals surface area contributed by atoms with Gasteiger partial charge in [-0.3, -0.25) is 14.3 Å².